The summed E-state index contributed by atoms with van der Waals surface area (Å²) in [6.07, 6.45) is 9.79. The number of nitrogens with zero attached hydrogens (tertiary/aromatic N) is 1. The Morgan fingerprint density at radius 3 is 1.44 bits per heavy atom. The van der Waals surface area contributed by atoms with E-state index in [9.17, 15) is 0 Å². The van der Waals surface area contributed by atoms with Gasteiger partial charge in [0.15, 0.2) is 0 Å². The standard InChI is InChI=1S/C53H39N/c1-52(2)46-24-12-8-20-40(46)44-30-28-38(33-50(44)52)54(37-19-7-6-18-36(32-37)35-16-4-3-5-17-35)39-29-31-45-43-23-11-15-27-49(43)53(51(45)34-39)47-25-13-9-21-41(47)42-22-10-14-26-48(42)53/h3-31,33-34H,32H2,1-2H3. The fourth-order valence-electron chi connectivity index (χ4n) is 10.2. The van der Waals surface area contributed by atoms with Crippen LogP contribution in [0.1, 0.15) is 59.2 Å². The third-order valence-electron chi connectivity index (χ3n) is 12.6. The van der Waals surface area contributed by atoms with Gasteiger partial charge in [-0.3, -0.25) is 0 Å². The van der Waals surface area contributed by atoms with Gasteiger partial charge in [0.25, 0.3) is 0 Å². The lowest BCUT2D eigenvalue weighted by molar-refractivity contribution is 0.660. The lowest BCUT2D eigenvalue weighted by Gasteiger charge is -2.33. The molecule has 0 atom stereocenters. The van der Waals surface area contributed by atoms with Crippen LogP contribution in [0.4, 0.5) is 11.4 Å². The molecule has 0 amide bonds. The highest BCUT2D eigenvalue weighted by Crippen LogP contribution is 2.63. The monoisotopic (exact) mass is 689 g/mol. The first kappa shape index (κ1) is 31.1. The highest BCUT2D eigenvalue weighted by atomic mass is 15.1. The van der Waals surface area contributed by atoms with Crippen molar-refractivity contribution in [2.24, 2.45) is 0 Å². The Balaban J connectivity index is 1.15. The molecule has 0 heterocycles. The van der Waals surface area contributed by atoms with Crippen molar-refractivity contribution in [3.05, 3.63) is 233 Å². The largest absolute Gasteiger partial charge is 0.314 e. The molecule has 0 fully saturated rings. The molecule has 1 nitrogen and oxygen atoms in total. The minimum absolute atomic E-state index is 0.110. The van der Waals surface area contributed by atoms with Crippen molar-refractivity contribution >= 4 is 16.9 Å². The SMILES string of the molecule is CC1(C)c2ccccc2-c2ccc(N(C3=CC=CC=C(c4ccccc4)C3)c3ccc4c(c3)C3(c5ccccc5-c5ccccc53)c3ccccc3-4)cc21. The van der Waals surface area contributed by atoms with Gasteiger partial charge < -0.3 is 4.90 Å². The van der Waals surface area contributed by atoms with Crippen LogP contribution in [0.2, 0.25) is 0 Å². The number of rotatable bonds is 4. The molecule has 0 saturated heterocycles. The van der Waals surface area contributed by atoms with E-state index in [2.05, 4.69) is 207 Å². The van der Waals surface area contributed by atoms with Crippen molar-refractivity contribution in [3.8, 4) is 33.4 Å². The topological polar surface area (TPSA) is 3.24 Å². The molecule has 7 aromatic carbocycles. The van der Waals surface area contributed by atoms with E-state index in [-0.39, 0.29) is 5.41 Å². The Bertz CT molecular complexity index is 2710. The number of hydrogen-bond donors (Lipinski definition) is 0. The van der Waals surface area contributed by atoms with Gasteiger partial charge in [-0.25, -0.2) is 0 Å². The fourth-order valence-corrected chi connectivity index (χ4v) is 10.2. The van der Waals surface area contributed by atoms with E-state index in [4.69, 9.17) is 0 Å². The molecule has 0 radical (unpaired) electrons. The number of fused-ring (bicyclic) bond motifs is 13. The molecule has 0 aliphatic heterocycles. The predicted octanol–water partition coefficient (Wildman–Crippen LogP) is 13.4. The maximum absolute atomic E-state index is 2.54. The smallest absolute Gasteiger partial charge is 0.0726 e. The summed E-state index contributed by atoms with van der Waals surface area (Å²) in [4.78, 5) is 2.54. The van der Waals surface area contributed by atoms with E-state index < -0.39 is 5.41 Å². The third kappa shape index (κ3) is 4.21. The first-order valence-corrected chi connectivity index (χ1v) is 19.2. The van der Waals surface area contributed by atoms with Crippen molar-refractivity contribution < 1.29 is 0 Å². The van der Waals surface area contributed by atoms with E-state index in [0.717, 1.165) is 6.42 Å². The van der Waals surface area contributed by atoms with Gasteiger partial charge in [-0.2, -0.15) is 0 Å². The molecule has 1 spiro atoms. The van der Waals surface area contributed by atoms with Crippen LogP contribution in [-0.4, -0.2) is 0 Å². The third-order valence-corrected chi connectivity index (χ3v) is 12.6. The van der Waals surface area contributed by atoms with Gasteiger partial charge in [0.2, 0.25) is 0 Å². The zero-order valence-corrected chi connectivity index (χ0v) is 30.6. The van der Waals surface area contributed by atoms with Crippen molar-refractivity contribution in [2.45, 2.75) is 31.1 Å². The van der Waals surface area contributed by atoms with Crippen LogP contribution in [0, 0.1) is 0 Å². The summed E-state index contributed by atoms with van der Waals surface area (Å²) >= 11 is 0. The number of benzene rings is 7. The summed E-state index contributed by atoms with van der Waals surface area (Å²) in [5.41, 5.74) is 21.8. The Kier molecular flexibility index (Phi) is 6.64. The van der Waals surface area contributed by atoms with Crippen LogP contribution in [-0.2, 0) is 10.8 Å². The van der Waals surface area contributed by atoms with Crippen molar-refractivity contribution in [3.63, 3.8) is 0 Å². The van der Waals surface area contributed by atoms with Gasteiger partial charge >= 0.3 is 0 Å². The average molecular weight is 690 g/mol. The molecule has 7 aromatic rings. The summed E-state index contributed by atoms with van der Waals surface area (Å²) in [6, 6.07) is 61.4. The molecule has 11 rings (SSSR count). The normalized spacial score (nSPS) is 16.0. The minimum Gasteiger partial charge on any atom is -0.314 e. The van der Waals surface area contributed by atoms with Gasteiger partial charge in [0, 0.05) is 28.9 Å². The minimum atomic E-state index is -0.408. The molecular weight excluding hydrogens is 651 g/mol. The highest BCUT2D eigenvalue weighted by molar-refractivity contribution is 5.96. The Morgan fingerprint density at radius 2 is 0.852 bits per heavy atom. The van der Waals surface area contributed by atoms with Gasteiger partial charge in [-0.05, 0) is 108 Å². The zero-order chi connectivity index (χ0) is 36.0. The maximum Gasteiger partial charge on any atom is 0.0726 e. The zero-order valence-electron chi connectivity index (χ0n) is 30.6. The lowest BCUT2D eigenvalue weighted by Crippen LogP contribution is -2.26. The molecule has 4 aliphatic rings. The second kappa shape index (κ2) is 11.5. The van der Waals surface area contributed by atoms with Gasteiger partial charge in [0.05, 0.1) is 5.41 Å². The lowest BCUT2D eigenvalue weighted by atomic mass is 9.70. The van der Waals surface area contributed by atoms with Crippen molar-refractivity contribution in [2.75, 3.05) is 4.90 Å². The highest BCUT2D eigenvalue weighted by Gasteiger charge is 2.51. The summed E-state index contributed by atoms with van der Waals surface area (Å²) in [6.45, 7) is 4.75. The van der Waals surface area contributed by atoms with Gasteiger partial charge in [-0.1, -0.05) is 172 Å². The van der Waals surface area contributed by atoms with E-state index in [1.807, 2.05) is 0 Å². The predicted molar refractivity (Wildman–Crippen MR) is 225 cm³/mol. The van der Waals surface area contributed by atoms with E-state index in [0.29, 0.717) is 0 Å². The second-order valence-electron chi connectivity index (χ2n) is 15.6. The Labute approximate surface area is 317 Å². The summed E-state index contributed by atoms with van der Waals surface area (Å²) in [5.74, 6) is 0. The molecule has 0 bridgehead atoms. The second-order valence-corrected chi connectivity index (χ2v) is 15.6. The molecule has 0 unspecified atom stereocenters. The maximum atomic E-state index is 2.54. The van der Waals surface area contributed by atoms with E-state index in [1.165, 1.54) is 95.0 Å². The van der Waals surface area contributed by atoms with E-state index in [1.54, 1.807) is 0 Å². The summed E-state index contributed by atoms with van der Waals surface area (Å²) in [5, 5.41) is 0. The van der Waals surface area contributed by atoms with Crippen LogP contribution in [0.15, 0.2) is 194 Å². The van der Waals surface area contributed by atoms with Crippen molar-refractivity contribution in [1.29, 1.82) is 0 Å². The molecular formula is C53H39N. The van der Waals surface area contributed by atoms with E-state index >= 15 is 0 Å². The quantitative estimate of drug-likeness (QED) is 0.178. The van der Waals surface area contributed by atoms with Crippen LogP contribution in [0.25, 0.3) is 39.0 Å². The van der Waals surface area contributed by atoms with Crippen LogP contribution < -0.4 is 4.90 Å². The molecule has 0 N–H and O–H groups in total. The van der Waals surface area contributed by atoms with Crippen LogP contribution >= 0.6 is 0 Å². The molecule has 54 heavy (non-hydrogen) atoms. The van der Waals surface area contributed by atoms with Crippen LogP contribution in [0.5, 0.6) is 0 Å². The van der Waals surface area contributed by atoms with Gasteiger partial charge in [0.1, 0.15) is 0 Å². The van der Waals surface area contributed by atoms with Gasteiger partial charge in [-0.15, -0.1) is 0 Å². The average Bonchev–Trinajstić information content (AvgIpc) is 3.66. The summed E-state index contributed by atoms with van der Waals surface area (Å²) in [7, 11) is 0. The molecule has 0 aromatic heterocycles. The van der Waals surface area contributed by atoms with Crippen LogP contribution in [0.3, 0.4) is 0 Å². The number of hydrogen-bond acceptors (Lipinski definition) is 1. The molecule has 4 aliphatic carbocycles. The number of anilines is 2. The number of allylic oxidation sites excluding steroid dienone is 5. The molecule has 1 heteroatoms. The Morgan fingerprint density at radius 1 is 0.407 bits per heavy atom. The first-order chi connectivity index (χ1) is 26.5. The first-order valence-electron chi connectivity index (χ1n) is 19.2. The Hall–Kier alpha value is -6.44. The fraction of sp³-hybridized carbons (Fsp3) is 0.0943. The summed E-state index contributed by atoms with van der Waals surface area (Å²) < 4.78 is 0. The molecule has 0 saturated carbocycles. The van der Waals surface area contributed by atoms with Crippen molar-refractivity contribution in [1.82, 2.24) is 0 Å². The molecule has 256 valence electrons.